The van der Waals surface area contributed by atoms with E-state index < -0.39 is 5.63 Å². The lowest BCUT2D eigenvalue weighted by molar-refractivity contribution is -0.116. The van der Waals surface area contributed by atoms with E-state index in [-0.39, 0.29) is 11.8 Å². The highest BCUT2D eigenvalue weighted by atomic mass is 16.4. The number of hydrogen-bond acceptors (Lipinski definition) is 4. The van der Waals surface area contributed by atoms with Crippen LogP contribution >= 0.6 is 0 Å². The third-order valence-corrected chi connectivity index (χ3v) is 4.64. The predicted octanol–water partition coefficient (Wildman–Crippen LogP) is 4.82. The number of amides is 1. The Morgan fingerprint density at radius 2 is 1.72 bits per heavy atom. The molecule has 0 spiro atoms. The molecule has 4 rings (SSSR count). The molecule has 1 heterocycles. The molecule has 1 amide bonds. The van der Waals surface area contributed by atoms with E-state index in [4.69, 9.17) is 4.42 Å². The number of aromatic nitrogens is 1. The molecule has 0 unspecified atom stereocenters. The van der Waals surface area contributed by atoms with Gasteiger partial charge in [0.25, 0.3) is 0 Å². The molecule has 1 N–H and O–H groups in total. The summed E-state index contributed by atoms with van der Waals surface area (Å²) in [6, 6.07) is 24.3. The Kier molecular flexibility index (Phi) is 5.47. The molecule has 144 valence electrons. The van der Waals surface area contributed by atoms with Gasteiger partial charge in [0.1, 0.15) is 0 Å². The van der Waals surface area contributed by atoms with E-state index >= 15 is 0 Å². The lowest BCUT2D eigenvalue weighted by Gasteiger charge is -2.07. The van der Waals surface area contributed by atoms with Crippen LogP contribution in [0.15, 0.2) is 88.1 Å². The highest BCUT2D eigenvalue weighted by molar-refractivity contribution is 5.91. The summed E-state index contributed by atoms with van der Waals surface area (Å²) in [4.78, 5) is 28.9. The van der Waals surface area contributed by atoms with Crippen LogP contribution in [0.1, 0.15) is 18.4 Å². The fourth-order valence-corrected chi connectivity index (χ4v) is 3.19. The topological polar surface area (TPSA) is 72.2 Å². The fraction of sp³-hybridized carbons (Fsp3) is 0.125. The number of aryl methyl sites for hydroxylation is 1. The molecule has 0 aliphatic carbocycles. The molecule has 1 aromatic heterocycles. The number of fused-ring (bicyclic) bond motifs is 1. The number of anilines is 1. The second-order valence-electron chi connectivity index (χ2n) is 6.79. The van der Waals surface area contributed by atoms with Gasteiger partial charge in [0.15, 0.2) is 0 Å². The van der Waals surface area contributed by atoms with Crippen molar-refractivity contribution in [1.29, 1.82) is 0 Å². The van der Waals surface area contributed by atoms with E-state index in [9.17, 15) is 9.59 Å². The summed E-state index contributed by atoms with van der Waals surface area (Å²) in [6.45, 7) is 0. The Morgan fingerprint density at radius 1 is 0.931 bits per heavy atom. The van der Waals surface area contributed by atoms with Crippen molar-refractivity contribution in [2.24, 2.45) is 0 Å². The van der Waals surface area contributed by atoms with Crippen molar-refractivity contribution in [2.45, 2.75) is 19.3 Å². The van der Waals surface area contributed by atoms with Crippen LogP contribution < -0.4 is 10.9 Å². The first-order valence-corrected chi connectivity index (χ1v) is 9.53. The average Bonchev–Trinajstić information content (AvgIpc) is 2.75. The third-order valence-electron chi connectivity index (χ3n) is 4.64. The van der Waals surface area contributed by atoms with Crippen LogP contribution in [0, 0.1) is 0 Å². The molecule has 0 aliphatic heterocycles. The number of nitrogens with one attached hydrogen (secondary N) is 1. The summed E-state index contributed by atoms with van der Waals surface area (Å²) >= 11 is 0. The molecule has 0 bridgehead atoms. The molecule has 0 fully saturated rings. The Morgan fingerprint density at radius 3 is 2.59 bits per heavy atom. The van der Waals surface area contributed by atoms with Crippen LogP contribution in [-0.2, 0) is 11.2 Å². The Labute approximate surface area is 168 Å². The van der Waals surface area contributed by atoms with E-state index in [0.29, 0.717) is 28.6 Å². The summed E-state index contributed by atoms with van der Waals surface area (Å²) in [6.07, 6.45) is 2.07. The van der Waals surface area contributed by atoms with E-state index in [2.05, 4.69) is 22.4 Å². The number of para-hydroxylation sites is 1. The van der Waals surface area contributed by atoms with Crippen molar-refractivity contribution >= 4 is 22.5 Å². The Hall–Kier alpha value is -3.73. The molecular formula is C24H20N2O3. The second kappa shape index (κ2) is 8.52. The molecular weight excluding hydrogens is 364 g/mol. The zero-order valence-corrected chi connectivity index (χ0v) is 15.8. The first kappa shape index (κ1) is 18.6. The van der Waals surface area contributed by atoms with Crippen LogP contribution in [0.5, 0.6) is 0 Å². The number of carbonyl (C=O) groups is 1. The van der Waals surface area contributed by atoms with Gasteiger partial charge >= 0.3 is 5.63 Å². The minimum Gasteiger partial charge on any atom is -0.403 e. The summed E-state index contributed by atoms with van der Waals surface area (Å²) in [5, 5.41) is 3.35. The van der Waals surface area contributed by atoms with Gasteiger partial charge < -0.3 is 9.73 Å². The van der Waals surface area contributed by atoms with Crippen LogP contribution in [0.4, 0.5) is 5.69 Å². The normalized spacial score (nSPS) is 10.8. The first-order valence-electron chi connectivity index (χ1n) is 9.53. The minimum absolute atomic E-state index is 0.0500. The summed E-state index contributed by atoms with van der Waals surface area (Å²) in [5.41, 5.74) is 2.65. The van der Waals surface area contributed by atoms with Gasteiger partial charge in [0.05, 0.1) is 10.9 Å². The third kappa shape index (κ3) is 4.58. The second-order valence-corrected chi connectivity index (χ2v) is 6.79. The van der Waals surface area contributed by atoms with Gasteiger partial charge in [-0.05, 0) is 48.7 Å². The van der Waals surface area contributed by atoms with E-state index in [1.165, 1.54) is 5.56 Å². The Balaban J connectivity index is 1.45. The molecule has 5 nitrogen and oxygen atoms in total. The molecule has 29 heavy (non-hydrogen) atoms. The van der Waals surface area contributed by atoms with Crippen LogP contribution in [0.2, 0.25) is 0 Å². The standard InChI is InChI=1S/C24H20N2O3/c27-22(15-6-10-17-8-2-1-3-9-17)25-19-12-7-11-18(16-19)23-26-21-14-5-4-13-20(21)24(28)29-23/h1-5,7-9,11-14,16H,6,10,15H2,(H,25,27). The van der Waals surface area contributed by atoms with E-state index in [1.807, 2.05) is 24.3 Å². The molecule has 0 saturated carbocycles. The fourth-order valence-electron chi connectivity index (χ4n) is 3.19. The highest BCUT2D eigenvalue weighted by Crippen LogP contribution is 2.22. The van der Waals surface area contributed by atoms with E-state index in [1.54, 1.807) is 42.5 Å². The molecule has 0 radical (unpaired) electrons. The number of carbonyl (C=O) groups excluding carboxylic acids is 1. The predicted molar refractivity (Wildman–Crippen MR) is 114 cm³/mol. The maximum atomic E-state index is 12.3. The van der Waals surface area contributed by atoms with Crippen LogP contribution in [-0.4, -0.2) is 10.9 Å². The van der Waals surface area contributed by atoms with Crippen molar-refractivity contribution < 1.29 is 9.21 Å². The molecule has 4 aromatic rings. The average molecular weight is 384 g/mol. The van der Waals surface area contributed by atoms with Gasteiger partial charge in [-0.25, -0.2) is 9.78 Å². The quantitative estimate of drug-likeness (QED) is 0.517. The first-order chi connectivity index (χ1) is 14.2. The lowest BCUT2D eigenvalue weighted by Crippen LogP contribution is -2.11. The van der Waals surface area contributed by atoms with Gasteiger partial charge in [-0.15, -0.1) is 0 Å². The minimum atomic E-state index is -0.430. The summed E-state index contributed by atoms with van der Waals surface area (Å²) in [5.74, 6) is 0.180. The number of hydrogen-bond donors (Lipinski definition) is 1. The van der Waals surface area contributed by atoms with Crippen molar-refractivity contribution in [3.8, 4) is 11.5 Å². The van der Waals surface area contributed by atoms with Crippen LogP contribution in [0.25, 0.3) is 22.4 Å². The van der Waals surface area contributed by atoms with Gasteiger partial charge in [0, 0.05) is 17.7 Å². The largest absolute Gasteiger partial charge is 0.403 e. The Bertz CT molecular complexity index is 1200. The van der Waals surface area contributed by atoms with Crippen LogP contribution in [0.3, 0.4) is 0 Å². The number of benzene rings is 3. The molecule has 3 aromatic carbocycles. The van der Waals surface area contributed by atoms with Crippen molar-refractivity contribution in [1.82, 2.24) is 4.98 Å². The highest BCUT2D eigenvalue weighted by Gasteiger charge is 2.10. The molecule has 0 aliphatic rings. The zero-order valence-electron chi connectivity index (χ0n) is 15.8. The summed E-state index contributed by atoms with van der Waals surface area (Å²) < 4.78 is 5.37. The van der Waals surface area contributed by atoms with Gasteiger partial charge in [-0.2, -0.15) is 0 Å². The van der Waals surface area contributed by atoms with E-state index in [0.717, 1.165) is 12.8 Å². The monoisotopic (exact) mass is 384 g/mol. The van der Waals surface area contributed by atoms with Gasteiger partial charge in [-0.1, -0.05) is 48.5 Å². The SMILES string of the molecule is O=C(CCCc1ccccc1)Nc1cccc(-c2nc3ccccc3c(=O)o2)c1. The molecule has 0 atom stereocenters. The maximum Gasteiger partial charge on any atom is 0.347 e. The number of rotatable bonds is 6. The summed E-state index contributed by atoms with van der Waals surface area (Å²) in [7, 11) is 0. The lowest BCUT2D eigenvalue weighted by atomic mass is 10.1. The van der Waals surface area contributed by atoms with Gasteiger partial charge in [0.2, 0.25) is 11.8 Å². The van der Waals surface area contributed by atoms with Gasteiger partial charge in [-0.3, -0.25) is 4.79 Å². The van der Waals surface area contributed by atoms with Crippen molar-refractivity contribution in [3.05, 3.63) is 94.8 Å². The zero-order chi connectivity index (χ0) is 20.1. The maximum absolute atomic E-state index is 12.3. The number of nitrogens with zero attached hydrogens (tertiary/aromatic N) is 1. The van der Waals surface area contributed by atoms with Crippen molar-refractivity contribution in [2.75, 3.05) is 5.32 Å². The van der Waals surface area contributed by atoms with Crippen molar-refractivity contribution in [3.63, 3.8) is 0 Å². The smallest absolute Gasteiger partial charge is 0.347 e. The molecule has 5 heteroatoms. The molecule has 0 saturated heterocycles.